The summed E-state index contributed by atoms with van der Waals surface area (Å²) in [6.07, 6.45) is 4.50. The van der Waals surface area contributed by atoms with Gasteiger partial charge < -0.3 is 15.4 Å². The molecule has 3 N–H and O–H groups in total. The van der Waals surface area contributed by atoms with Gasteiger partial charge in [0.15, 0.2) is 0 Å². The van der Waals surface area contributed by atoms with Crippen molar-refractivity contribution in [3.05, 3.63) is 65.0 Å². The predicted molar refractivity (Wildman–Crippen MR) is 84.4 cm³/mol. The number of aromatic amines is 1. The SMILES string of the molecule is O=C(O)CC(NC(=O)/C=C/c1ccc[nH]1)c1cccc(Cl)c1. The first kappa shape index (κ1) is 15.9. The van der Waals surface area contributed by atoms with E-state index in [1.165, 1.54) is 6.08 Å². The van der Waals surface area contributed by atoms with Crippen LogP contribution in [0.4, 0.5) is 0 Å². The van der Waals surface area contributed by atoms with Crippen LogP contribution in [0.5, 0.6) is 0 Å². The summed E-state index contributed by atoms with van der Waals surface area (Å²) in [5.41, 5.74) is 1.43. The Morgan fingerprint density at radius 3 is 2.77 bits per heavy atom. The van der Waals surface area contributed by atoms with E-state index in [2.05, 4.69) is 10.3 Å². The third kappa shape index (κ3) is 4.79. The fourth-order valence-corrected chi connectivity index (χ4v) is 2.18. The van der Waals surface area contributed by atoms with Crippen molar-refractivity contribution in [2.24, 2.45) is 0 Å². The molecule has 5 nitrogen and oxygen atoms in total. The molecule has 6 heteroatoms. The maximum Gasteiger partial charge on any atom is 0.305 e. The lowest BCUT2D eigenvalue weighted by molar-refractivity contribution is -0.137. The van der Waals surface area contributed by atoms with E-state index in [0.29, 0.717) is 10.6 Å². The van der Waals surface area contributed by atoms with Gasteiger partial charge in [-0.15, -0.1) is 0 Å². The quantitative estimate of drug-likeness (QED) is 0.716. The maximum atomic E-state index is 12.0. The molecule has 1 atom stereocenters. The van der Waals surface area contributed by atoms with E-state index in [4.69, 9.17) is 16.7 Å². The third-order valence-electron chi connectivity index (χ3n) is 2.98. The average Bonchev–Trinajstić information content (AvgIpc) is 2.97. The number of carbonyl (C=O) groups excluding carboxylic acids is 1. The topological polar surface area (TPSA) is 82.2 Å². The summed E-state index contributed by atoms with van der Waals surface area (Å²) in [6, 6.07) is 9.77. The highest BCUT2D eigenvalue weighted by atomic mass is 35.5. The molecule has 1 unspecified atom stereocenters. The second kappa shape index (κ2) is 7.47. The number of aliphatic carboxylic acids is 1. The first-order valence-electron chi connectivity index (χ1n) is 6.64. The summed E-state index contributed by atoms with van der Waals surface area (Å²) >= 11 is 5.91. The van der Waals surface area contributed by atoms with Gasteiger partial charge in [-0.1, -0.05) is 23.7 Å². The Labute approximate surface area is 132 Å². The molecule has 2 aromatic rings. The van der Waals surface area contributed by atoms with Gasteiger partial charge in [-0.25, -0.2) is 0 Å². The Bertz CT molecular complexity index is 680. The van der Waals surface area contributed by atoms with Crippen molar-refractivity contribution in [1.82, 2.24) is 10.3 Å². The molecule has 0 fully saturated rings. The van der Waals surface area contributed by atoms with Crippen molar-refractivity contribution >= 4 is 29.6 Å². The second-order valence-corrected chi connectivity index (χ2v) is 5.11. The number of nitrogens with one attached hydrogen (secondary N) is 2. The molecule has 1 amide bonds. The van der Waals surface area contributed by atoms with Crippen molar-refractivity contribution in [3.63, 3.8) is 0 Å². The first-order chi connectivity index (χ1) is 10.5. The number of hydrogen-bond acceptors (Lipinski definition) is 2. The molecule has 0 saturated carbocycles. The number of hydrogen-bond donors (Lipinski definition) is 3. The van der Waals surface area contributed by atoms with E-state index in [-0.39, 0.29) is 12.3 Å². The zero-order valence-electron chi connectivity index (χ0n) is 11.6. The van der Waals surface area contributed by atoms with Crippen LogP contribution in [-0.2, 0) is 9.59 Å². The van der Waals surface area contributed by atoms with Crippen LogP contribution in [0.3, 0.4) is 0 Å². The molecule has 0 saturated heterocycles. The van der Waals surface area contributed by atoms with Crippen LogP contribution >= 0.6 is 11.6 Å². The van der Waals surface area contributed by atoms with Crippen LogP contribution in [0.25, 0.3) is 6.08 Å². The molecule has 0 aliphatic heterocycles. The number of amides is 1. The second-order valence-electron chi connectivity index (χ2n) is 4.67. The molecule has 0 bridgehead atoms. The van der Waals surface area contributed by atoms with Gasteiger partial charge in [0.25, 0.3) is 0 Å². The summed E-state index contributed by atoms with van der Waals surface area (Å²) in [5.74, 6) is -1.38. The number of H-pyrrole nitrogens is 1. The van der Waals surface area contributed by atoms with E-state index in [1.54, 1.807) is 36.5 Å². The van der Waals surface area contributed by atoms with Crippen molar-refractivity contribution in [2.45, 2.75) is 12.5 Å². The van der Waals surface area contributed by atoms with Gasteiger partial charge in [0, 0.05) is 23.0 Å². The van der Waals surface area contributed by atoms with E-state index in [0.717, 1.165) is 5.69 Å². The summed E-state index contributed by atoms with van der Waals surface area (Å²) in [4.78, 5) is 25.9. The molecule has 22 heavy (non-hydrogen) atoms. The number of carboxylic acids is 1. The van der Waals surface area contributed by atoms with Crippen molar-refractivity contribution < 1.29 is 14.7 Å². The minimum atomic E-state index is -1.00. The Kier molecular flexibility index (Phi) is 5.38. The van der Waals surface area contributed by atoms with Gasteiger partial charge >= 0.3 is 5.97 Å². The normalized spacial score (nSPS) is 12.2. The fourth-order valence-electron chi connectivity index (χ4n) is 1.98. The van der Waals surface area contributed by atoms with Gasteiger partial charge in [0.2, 0.25) is 5.91 Å². The molecular weight excluding hydrogens is 304 g/mol. The number of benzene rings is 1. The number of aromatic nitrogens is 1. The molecule has 0 radical (unpaired) electrons. The van der Waals surface area contributed by atoms with Crippen LogP contribution in [0, 0.1) is 0 Å². The Hall–Kier alpha value is -2.53. The van der Waals surface area contributed by atoms with E-state index in [1.807, 2.05) is 12.1 Å². The molecule has 0 aliphatic rings. The lowest BCUT2D eigenvalue weighted by atomic mass is 10.0. The third-order valence-corrected chi connectivity index (χ3v) is 3.22. The monoisotopic (exact) mass is 318 g/mol. The number of carboxylic acid groups (broad SMARTS) is 1. The van der Waals surface area contributed by atoms with E-state index in [9.17, 15) is 9.59 Å². The Morgan fingerprint density at radius 2 is 2.14 bits per heavy atom. The van der Waals surface area contributed by atoms with Crippen LogP contribution in [0.1, 0.15) is 23.7 Å². The van der Waals surface area contributed by atoms with E-state index < -0.39 is 12.0 Å². The summed E-state index contributed by atoms with van der Waals surface area (Å²) in [5, 5.41) is 12.2. The largest absolute Gasteiger partial charge is 0.481 e. The summed E-state index contributed by atoms with van der Waals surface area (Å²) in [6.45, 7) is 0. The summed E-state index contributed by atoms with van der Waals surface area (Å²) in [7, 11) is 0. The number of rotatable bonds is 6. The number of halogens is 1. The predicted octanol–water partition coefficient (Wildman–Crippen LogP) is 3.01. The zero-order chi connectivity index (χ0) is 15.9. The highest BCUT2D eigenvalue weighted by Gasteiger charge is 2.17. The maximum absolute atomic E-state index is 12.0. The van der Waals surface area contributed by atoms with Crippen LogP contribution in [0.15, 0.2) is 48.7 Å². The van der Waals surface area contributed by atoms with Crippen LogP contribution in [0.2, 0.25) is 5.02 Å². The standard InChI is InChI=1S/C16H15ClN2O3/c17-12-4-1-3-11(9-12)14(10-16(21)22)19-15(20)7-6-13-5-2-8-18-13/h1-9,14,18H,10H2,(H,19,20)(H,21,22)/b7-6+. The molecule has 1 heterocycles. The van der Waals surface area contributed by atoms with E-state index >= 15 is 0 Å². The molecule has 2 rings (SSSR count). The van der Waals surface area contributed by atoms with Gasteiger partial charge in [-0.3, -0.25) is 9.59 Å². The Balaban J connectivity index is 2.09. The van der Waals surface area contributed by atoms with Crippen molar-refractivity contribution in [1.29, 1.82) is 0 Å². The minimum absolute atomic E-state index is 0.220. The lowest BCUT2D eigenvalue weighted by Gasteiger charge is -2.16. The molecule has 1 aromatic carbocycles. The van der Waals surface area contributed by atoms with Gasteiger partial charge in [-0.2, -0.15) is 0 Å². The fraction of sp³-hybridized carbons (Fsp3) is 0.125. The molecule has 0 spiro atoms. The highest BCUT2D eigenvalue weighted by molar-refractivity contribution is 6.30. The van der Waals surface area contributed by atoms with Crippen LogP contribution in [-0.4, -0.2) is 22.0 Å². The minimum Gasteiger partial charge on any atom is -0.481 e. The first-order valence-corrected chi connectivity index (χ1v) is 7.01. The lowest BCUT2D eigenvalue weighted by Crippen LogP contribution is -2.28. The molecular formula is C16H15ClN2O3. The smallest absolute Gasteiger partial charge is 0.305 e. The molecule has 0 aliphatic carbocycles. The number of carbonyl (C=O) groups is 2. The zero-order valence-corrected chi connectivity index (χ0v) is 12.4. The van der Waals surface area contributed by atoms with Gasteiger partial charge in [-0.05, 0) is 35.9 Å². The van der Waals surface area contributed by atoms with Crippen molar-refractivity contribution in [3.8, 4) is 0 Å². The van der Waals surface area contributed by atoms with Crippen molar-refractivity contribution in [2.75, 3.05) is 0 Å². The van der Waals surface area contributed by atoms with Crippen LogP contribution < -0.4 is 5.32 Å². The van der Waals surface area contributed by atoms with Gasteiger partial charge in [0.1, 0.15) is 0 Å². The molecule has 114 valence electrons. The Morgan fingerprint density at radius 1 is 1.32 bits per heavy atom. The average molecular weight is 319 g/mol. The highest BCUT2D eigenvalue weighted by Crippen LogP contribution is 2.20. The molecule has 1 aromatic heterocycles. The summed E-state index contributed by atoms with van der Waals surface area (Å²) < 4.78 is 0. The van der Waals surface area contributed by atoms with Gasteiger partial charge in [0.05, 0.1) is 12.5 Å².